The van der Waals surface area contributed by atoms with Crippen molar-refractivity contribution < 1.29 is 22.4 Å². The summed E-state index contributed by atoms with van der Waals surface area (Å²) in [6, 6.07) is 5.05. The standard InChI is InChI=1S/C18H18O6S/c19-17(8-11-6-7-25(21,22)10-11)23-12-4-5-14-13-2-1-3-15(13)18(20)24-16(14)9-12/h4-5,9,11H,1-3,6-8,10H2/t11-/m1/s1. The van der Waals surface area contributed by atoms with Crippen LogP contribution in [0, 0.1) is 5.92 Å². The molecule has 0 unspecified atom stereocenters. The van der Waals surface area contributed by atoms with Crippen LogP contribution >= 0.6 is 0 Å². The van der Waals surface area contributed by atoms with Gasteiger partial charge < -0.3 is 9.15 Å². The van der Waals surface area contributed by atoms with Crippen molar-refractivity contribution in [3.8, 4) is 5.75 Å². The predicted octanol–water partition coefficient (Wildman–Crippen LogP) is 2.01. The zero-order chi connectivity index (χ0) is 17.6. The van der Waals surface area contributed by atoms with E-state index in [-0.39, 0.29) is 29.5 Å². The lowest BCUT2D eigenvalue weighted by molar-refractivity contribution is -0.135. The highest BCUT2D eigenvalue weighted by atomic mass is 32.2. The van der Waals surface area contributed by atoms with Gasteiger partial charge in [-0.1, -0.05) is 0 Å². The fourth-order valence-electron chi connectivity index (χ4n) is 3.77. The van der Waals surface area contributed by atoms with Crippen LogP contribution in [-0.4, -0.2) is 25.9 Å². The van der Waals surface area contributed by atoms with Crippen LogP contribution in [0.4, 0.5) is 0 Å². The fraction of sp³-hybridized carbons (Fsp3) is 0.444. The van der Waals surface area contributed by atoms with Crippen molar-refractivity contribution in [2.75, 3.05) is 11.5 Å². The van der Waals surface area contributed by atoms with E-state index in [2.05, 4.69) is 0 Å². The largest absolute Gasteiger partial charge is 0.426 e. The normalized spacial score (nSPS) is 21.4. The maximum Gasteiger partial charge on any atom is 0.339 e. The second-order valence-corrected chi connectivity index (χ2v) is 9.03. The third-order valence-electron chi connectivity index (χ3n) is 4.96. The second kappa shape index (κ2) is 5.98. The van der Waals surface area contributed by atoms with Crippen LogP contribution in [0.1, 0.15) is 30.4 Å². The first-order chi connectivity index (χ1) is 11.9. The molecule has 0 amide bonds. The summed E-state index contributed by atoms with van der Waals surface area (Å²) < 4.78 is 33.6. The minimum Gasteiger partial charge on any atom is -0.426 e. The molecule has 0 N–H and O–H groups in total. The van der Waals surface area contributed by atoms with Gasteiger partial charge in [0.25, 0.3) is 0 Å². The van der Waals surface area contributed by atoms with Gasteiger partial charge in [0.15, 0.2) is 9.84 Å². The number of ether oxygens (including phenoxy) is 1. The number of aryl methyl sites for hydroxylation is 1. The first kappa shape index (κ1) is 16.3. The van der Waals surface area contributed by atoms with Crippen molar-refractivity contribution in [1.82, 2.24) is 0 Å². The smallest absolute Gasteiger partial charge is 0.339 e. The monoisotopic (exact) mass is 362 g/mol. The molecule has 1 aliphatic carbocycles. The maximum absolute atomic E-state index is 12.1. The van der Waals surface area contributed by atoms with Crippen LogP contribution in [0.15, 0.2) is 27.4 Å². The maximum atomic E-state index is 12.1. The van der Waals surface area contributed by atoms with Crippen molar-refractivity contribution in [2.24, 2.45) is 5.92 Å². The number of hydrogen-bond acceptors (Lipinski definition) is 6. The molecule has 4 rings (SSSR count). The molecule has 0 saturated carbocycles. The van der Waals surface area contributed by atoms with E-state index < -0.39 is 15.8 Å². The second-order valence-electron chi connectivity index (χ2n) is 6.81. The molecule has 0 spiro atoms. The molecule has 1 saturated heterocycles. The zero-order valence-corrected chi connectivity index (χ0v) is 14.4. The van der Waals surface area contributed by atoms with Crippen LogP contribution in [0.2, 0.25) is 0 Å². The van der Waals surface area contributed by atoms with Crippen LogP contribution in [0.5, 0.6) is 5.75 Å². The molecule has 2 aromatic rings. The lowest BCUT2D eigenvalue weighted by Crippen LogP contribution is -2.15. The predicted molar refractivity (Wildman–Crippen MR) is 91.5 cm³/mol. The van der Waals surface area contributed by atoms with E-state index in [1.807, 2.05) is 6.07 Å². The van der Waals surface area contributed by atoms with E-state index in [4.69, 9.17) is 9.15 Å². The van der Waals surface area contributed by atoms with Gasteiger partial charge in [-0.15, -0.1) is 0 Å². The number of rotatable bonds is 3. The molecule has 25 heavy (non-hydrogen) atoms. The molecule has 0 radical (unpaired) electrons. The van der Waals surface area contributed by atoms with E-state index in [9.17, 15) is 18.0 Å². The number of hydrogen-bond donors (Lipinski definition) is 0. The minimum absolute atomic E-state index is 0.0425. The number of esters is 1. The Balaban J connectivity index is 1.53. The van der Waals surface area contributed by atoms with Gasteiger partial charge in [-0.05, 0) is 49.3 Å². The molecule has 132 valence electrons. The van der Waals surface area contributed by atoms with Crippen molar-refractivity contribution in [3.63, 3.8) is 0 Å². The Morgan fingerprint density at radius 1 is 1.24 bits per heavy atom. The number of carbonyl (C=O) groups is 1. The lowest BCUT2D eigenvalue weighted by Gasteiger charge is -2.09. The summed E-state index contributed by atoms with van der Waals surface area (Å²) in [7, 11) is -3.01. The molecule has 6 nitrogen and oxygen atoms in total. The Hall–Kier alpha value is -2.15. The van der Waals surface area contributed by atoms with Gasteiger partial charge in [0.1, 0.15) is 11.3 Å². The molecular weight excluding hydrogens is 344 g/mol. The van der Waals surface area contributed by atoms with Crippen molar-refractivity contribution in [3.05, 3.63) is 39.7 Å². The quantitative estimate of drug-likeness (QED) is 0.471. The van der Waals surface area contributed by atoms with Gasteiger partial charge in [0.2, 0.25) is 0 Å². The van der Waals surface area contributed by atoms with Crippen LogP contribution < -0.4 is 10.4 Å². The Morgan fingerprint density at radius 3 is 2.80 bits per heavy atom. The van der Waals surface area contributed by atoms with Gasteiger partial charge >= 0.3 is 11.6 Å². The van der Waals surface area contributed by atoms with Crippen molar-refractivity contribution >= 4 is 26.8 Å². The molecule has 1 aromatic heterocycles. The first-order valence-electron chi connectivity index (χ1n) is 8.41. The number of sulfone groups is 1. The summed E-state index contributed by atoms with van der Waals surface area (Å²) in [6.07, 6.45) is 3.11. The molecular formula is C18H18O6S. The Bertz CT molecular complexity index is 1020. The molecule has 7 heteroatoms. The van der Waals surface area contributed by atoms with Crippen molar-refractivity contribution in [1.29, 1.82) is 0 Å². The van der Waals surface area contributed by atoms with Crippen LogP contribution in [0.3, 0.4) is 0 Å². The number of carbonyl (C=O) groups excluding carboxylic acids is 1. The summed E-state index contributed by atoms with van der Waals surface area (Å²) in [5.74, 6) is -0.165. The lowest BCUT2D eigenvalue weighted by atomic mass is 10.1. The highest BCUT2D eigenvalue weighted by Gasteiger charge is 2.30. The van der Waals surface area contributed by atoms with E-state index in [0.717, 1.165) is 35.8 Å². The summed E-state index contributed by atoms with van der Waals surface area (Å²) in [6.45, 7) is 0. The van der Waals surface area contributed by atoms with Crippen LogP contribution in [0.25, 0.3) is 11.0 Å². The molecule has 1 aliphatic heterocycles. The third-order valence-corrected chi connectivity index (χ3v) is 6.80. The minimum atomic E-state index is -3.01. The average Bonchev–Trinajstić information content (AvgIpc) is 3.14. The molecule has 2 heterocycles. The number of benzene rings is 1. The number of fused-ring (bicyclic) bond motifs is 3. The average molecular weight is 362 g/mol. The highest BCUT2D eigenvalue weighted by molar-refractivity contribution is 7.91. The molecule has 1 atom stereocenters. The molecule has 2 aliphatic rings. The Labute approximate surface area is 144 Å². The molecule has 1 fully saturated rings. The topological polar surface area (TPSA) is 90.6 Å². The SMILES string of the molecule is O=C(C[C@H]1CCS(=O)(=O)C1)Oc1ccc2c3c(c(=O)oc2c1)CCC3. The fourth-order valence-corrected chi connectivity index (χ4v) is 5.63. The van der Waals surface area contributed by atoms with E-state index in [0.29, 0.717) is 17.8 Å². The zero-order valence-electron chi connectivity index (χ0n) is 13.6. The summed E-state index contributed by atoms with van der Waals surface area (Å²) in [4.78, 5) is 24.1. The third kappa shape index (κ3) is 3.20. The van der Waals surface area contributed by atoms with Gasteiger partial charge in [-0.3, -0.25) is 4.79 Å². The van der Waals surface area contributed by atoms with Crippen LogP contribution in [-0.2, 0) is 27.5 Å². The highest BCUT2D eigenvalue weighted by Crippen LogP contribution is 2.30. The Morgan fingerprint density at radius 2 is 2.04 bits per heavy atom. The summed E-state index contributed by atoms with van der Waals surface area (Å²) in [5, 5.41) is 0.883. The molecule has 1 aromatic carbocycles. The summed E-state index contributed by atoms with van der Waals surface area (Å²) in [5.41, 5.74) is 1.87. The first-order valence-corrected chi connectivity index (χ1v) is 10.2. The van der Waals surface area contributed by atoms with Crippen molar-refractivity contribution in [2.45, 2.75) is 32.1 Å². The van der Waals surface area contributed by atoms with E-state index in [1.165, 1.54) is 0 Å². The Kier molecular flexibility index (Phi) is 3.91. The van der Waals surface area contributed by atoms with E-state index >= 15 is 0 Å². The van der Waals surface area contributed by atoms with E-state index in [1.54, 1.807) is 12.1 Å². The summed E-state index contributed by atoms with van der Waals surface area (Å²) >= 11 is 0. The van der Waals surface area contributed by atoms with Gasteiger partial charge in [0.05, 0.1) is 11.5 Å². The van der Waals surface area contributed by atoms with Gasteiger partial charge in [-0.2, -0.15) is 0 Å². The van der Waals surface area contributed by atoms with Gasteiger partial charge in [0, 0.05) is 23.4 Å². The molecule has 0 bridgehead atoms. The van der Waals surface area contributed by atoms with Gasteiger partial charge in [-0.25, -0.2) is 13.2 Å².